The quantitative estimate of drug-likeness (QED) is 0.805. The third kappa shape index (κ3) is 5.50. The van der Waals surface area contributed by atoms with Gasteiger partial charge in [0.2, 0.25) is 5.91 Å². The van der Waals surface area contributed by atoms with Crippen molar-refractivity contribution in [3.8, 4) is 5.75 Å². The molecule has 0 heterocycles. The second kappa shape index (κ2) is 7.51. The molecule has 5 heteroatoms. The molecule has 0 bridgehead atoms. The van der Waals surface area contributed by atoms with Crippen molar-refractivity contribution in [3.63, 3.8) is 0 Å². The maximum Gasteiger partial charge on any atom is 0.387 e. The number of halogens is 2. The molecule has 0 fully saturated rings. The van der Waals surface area contributed by atoms with Crippen LogP contribution in [0.25, 0.3) is 0 Å². The highest BCUT2D eigenvalue weighted by atomic mass is 19.3. The fraction of sp³-hybridized carbons (Fsp3) is 0.357. The zero-order chi connectivity index (χ0) is 14.3. The average molecular weight is 269 g/mol. The molecule has 3 nitrogen and oxygen atoms in total. The van der Waals surface area contributed by atoms with E-state index in [0.29, 0.717) is 12.1 Å². The summed E-state index contributed by atoms with van der Waals surface area (Å²) in [6.07, 6.45) is 2.65. The van der Waals surface area contributed by atoms with Crippen molar-refractivity contribution in [2.75, 3.05) is 0 Å². The third-order valence-electron chi connectivity index (χ3n) is 2.47. The number of rotatable bonds is 6. The summed E-state index contributed by atoms with van der Waals surface area (Å²) in [7, 11) is 0. The molecule has 0 aliphatic carbocycles. The van der Waals surface area contributed by atoms with Crippen LogP contribution in [-0.2, 0) is 11.3 Å². The van der Waals surface area contributed by atoms with Gasteiger partial charge in [0, 0.05) is 12.1 Å². The molecule has 1 rings (SSSR count). The summed E-state index contributed by atoms with van der Waals surface area (Å²) in [6.45, 7) is 1.23. The fourth-order valence-electron chi connectivity index (χ4n) is 1.51. The Morgan fingerprint density at radius 2 is 2.00 bits per heavy atom. The van der Waals surface area contributed by atoms with Crippen LogP contribution in [0.2, 0.25) is 0 Å². The molecule has 0 radical (unpaired) electrons. The van der Waals surface area contributed by atoms with E-state index < -0.39 is 6.61 Å². The first-order valence-electron chi connectivity index (χ1n) is 6.01. The van der Waals surface area contributed by atoms with Crippen molar-refractivity contribution in [1.29, 1.82) is 0 Å². The number of alkyl halides is 2. The Morgan fingerprint density at radius 1 is 1.37 bits per heavy atom. The molecule has 0 aliphatic rings. The van der Waals surface area contributed by atoms with Crippen LogP contribution in [-0.4, -0.2) is 12.5 Å². The topological polar surface area (TPSA) is 38.3 Å². The highest BCUT2D eigenvalue weighted by Crippen LogP contribution is 2.14. The smallest absolute Gasteiger partial charge is 0.387 e. The van der Waals surface area contributed by atoms with Crippen LogP contribution in [0.4, 0.5) is 8.78 Å². The summed E-state index contributed by atoms with van der Waals surface area (Å²) in [5.41, 5.74) is 1.49. The number of nitrogens with one attached hydrogen (secondary N) is 1. The molecule has 0 spiro atoms. The van der Waals surface area contributed by atoms with Gasteiger partial charge in [-0.25, -0.2) is 0 Å². The first-order chi connectivity index (χ1) is 9.02. The monoisotopic (exact) mass is 269 g/mol. The minimum atomic E-state index is -2.83. The van der Waals surface area contributed by atoms with Gasteiger partial charge in [-0.1, -0.05) is 25.1 Å². The van der Waals surface area contributed by atoms with Gasteiger partial charge >= 0.3 is 6.61 Å². The van der Waals surface area contributed by atoms with Crippen LogP contribution >= 0.6 is 0 Å². The van der Waals surface area contributed by atoms with E-state index in [9.17, 15) is 13.6 Å². The van der Waals surface area contributed by atoms with E-state index in [1.54, 1.807) is 19.1 Å². The number of hydrogen-bond donors (Lipinski definition) is 1. The van der Waals surface area contributed by atoms with Crippen LogP contribution in [0.5, 0.6) is 5.75 Å². The summed E-state index contributed by atoms with van der Waals surface area (Å²) in [4.78, 5) is 11.6. The highest BCUT2D eigenvalue weighted by Gasteiger charge is 2.05. The number of allylic oxidation sites excluding steroid dienone is 1. The molecular weight excluding hydrogens is 252 g/mol. The number of carbonyl (C=O) groups excluding carboxylic acids is 1. The van der Waals surface area contributed by atoms with Crippen LogP contribution in [0.3, 0.4) is 0 Å². The molecule has 0 saturated carbocycles. The summed E-state index contributed by atoms with van der Waals surface area (Å²) in [5, 5.41) is 2.75. The fourth-order valence-corrected chi connectivity index (χ4v) is 1.51. The standard InChI is InChI=1S/C14H17F2NO2/c1-3-4-10(2)13(18)17-9-11-5-7-12(8-6-11)19-14(15)16/h4-8,14H,3,9H2,1-2H3,(H,17,18). The molecule has 0 atom stereocenters. The number of ether oxygens (including phenoxy) is 1. The van der Waals surface area contributed by atoms with Crippen LogP contribution < -0.4 is 10.1 Å². The summed E-state index contributed by atoms with van der Waals surface area (Å²) >= 11 is 0. The van der Waals surface area contributed by atoms with Crippen molar-refractivity contribution in [2.45, 2.75) is 33.4 Å². The lowest BCUT2D eigenvalue weighted by Gasteiger charge is -2.07. The molecule has 1 aromatic carbocycles. The van der Waals surface area contributed by atoms with Crippen molar-refractivity contribution >= 4 is 5.91 Å². The predicted octanol–water partition coefficient (Wildman–Crippen LogP) is 3.26. The first-order valence-corrected chi connectivity index (χ1v) is 6.01. The second-order valence-electron chi connectivity index (χ2n) is 4.00. The van der Waals surface area contributed by atoms with E-state index in [2.05, 4.69) is 10.1 Å². The molecule has 19 heavy (non-hydrogen) atoms. The summed E-state index contributed by atoms with van der Waals surface area (Å²) in [6, 6.07) is 6.17. The van der Waals surface area contributed by atoms with E-state index in [1.807, 2.05) is 13.0 Å². The minimum absolute atomic E-state index is 0.104. The van der Waals surface area contributed by atoms with E-state index in [1.165, 1.54) is 12.1 Å². The van der Waals surface area contributed by atoms with Gasteiger partial charge < -0.3 is 10.1 Å². The zero-order valence-electron chi connectivity index (χ0n) is 11.0. The summed E-state index contributed by atoms with van der Waals surface area (Å²) < 4.78 is 28.1. The van der Waals surface area contributed by atoms with Crippen LogP contribution in [0.15, 0.2) is 35.9 Å². The average Bonchev–Trinajstić information content (AvgIpc) is 2.37. The lowest BCUT2D eigenvalue weighted by Crippen LogP contribution is -2.23. The Hall–Kier alpha value is -1.91. The second-order valence-corrected chi connectivity index (χ2v) is 4.00. The van der Waals surface area contributed by atoms with Gasteiger partial charge in [-0.3, -0.25) is 4.79 Å². The van der Waals surface area contributed by atoms with E-state index in [-0.39, 0.29) is 11.7 Å². The van der Waals surface area contributed by atoms with Gasteiger partial charge in [0.15, 0.2) is 0 Å². The number of benzene rings is 1. The zero-order valence-corrected chi connectivity index (χ0v) is 11.0. The Labute approximate surface area is 111 Å². The van der Waals surface area contributed by atoms with Crippen molar-refractivity contribution in [1.82, 2.24) is 5.32 Å². The largest absolute Gasteiger partial charge is 0.435 e. The first kappa shape index (κ1) is 15.1. The van der Waals surface area contributed by atoms with Crippen molar-refractivity contribution < 1.29 is 18.3 Å². The number of carbonyl (C=O) groups is 1. The van der Waals surface area contributed by atoms with Gasteiger partial charge in [0.1, 0.15) is 5.75 Å². The van der Waals surface area contributed by atoms with E-state index >= 15 is 0 Å². The minimum Gasteiger partial charge on any atom is -0.435 e. The molecule has 0 saturated heterocycles. The predicted molar refractivity (Wildman–Crippen MR) is 69.0 cm³/mol. The molecule has 1 aromatic rings. The Kier molecular flexibility index (Phi) is 5.99. The molecular formula is C14H17F2NO2. The summed E-state index contributed by atoms with van der Waals surface area (Å²) in [5.74, 6) is -0.0260. The molecule has 1 N–H and O–H groups in total. The SMILES string of the molecule is CCC=C(C)C(=O)NCc1ccc(OC(F)F)cc1. The Morgan fingerprint density at radius 3 is 2.53 bits per heavy atom. The van der Waals surface area contributed by atoms with Gasteiger partial charge in [0.05, 0.1) is 0 Å². The third-order valence-corrected chi connectivity index (χ3v) is 2.47. The lowest BCUT2D eigenvalue weighted by molar-refractivity contribution is -0.117. The van der Waals surface area contributed by atoms with Gasteiger partial charge in [0.25, 0.3) is 0 Å². The normalized spacial score (nSPS) is 11.5. The van der Waals surface area contributed by atoms with Gasteiger partial charge in [-0.15, -0.1) is 0 Å². The molecule has 0 unspecified atom stereocenters. The Balaban J connectivity index is 2.50. The van der Waals surface area contributed by atoms with Gasteiger partial charge in [-0.2, -0.15) is 8.78 Å². The van der Waals surface area contributed by atoms with Crippen molar-refractivity contribution in [2.24, 2.45) is 0 Å². The van der Waals surface area contributed by atoms with Crippen LogP contribution in [0.1, 0.15) is 25.8 Å². The molecule has 104 valence electrons. The number of hydrogen-bond acceptors (Lipinski definition) is 2. The maximum absolute atomic E-state index is 12.0. The van der Waals surface area contributed by atoms with Crippen LogP contribution in [0, 0.1) is 0 Å². The molecule has 0 aliphatic heterocycles. The maximum atomic E-state index is 12.0. The van der Waals surface area contributed by atoms with Crippen molar-refractivity contribution in [3.05, 3.63) is 41.5 Å². The lowest BCUT2D eigenvalue weighted by atomic mass is 10.2. The molecule has 1 amide bonds. The Bertz CT molecular complexity index is 441. The number of amides is 1. The van der Waals surface area contributed by atoms with E-state index in [0.717, 1.165) is 12.0 Å². The van der Waals surface area contributed by atoms with E-state index in [4.69, 9.17) is 0 Å². The highest BCUT2D eigenvalue weighted by molar-refractivity contribution is 5.92. The van der Waals surface area contributed by atoms with Gasteiger partial charge in [-0.05, 0) is 31.0 Å². The molecule has 0 aromatic heterocycles.